The van der Waals surface area contributed by atoms with Crippen LogP contribution in [0.15, 0.2) is 40.8 Å². The highest BCUT2D eigenvalue weighted by atomic mass is 15.4. The first kappa shape index (κ1) is 23.3. The van der Waals surface area contributed by atoms with Gasteiger partial charge in [-0.2, -0.15) is 29.8 Å². The van der Waals surface area contributed by atoms with Crippen LogP contribution in [0.1, 0.15) is 83.3 Å². The van der Waals surface area contributed by atoms with Gasteiger partial charge in [0, 0.05) is 17.5 Å². The number of pyridine rings is 1. The summed E-state index contributed by atoms with van der Waals surface area (Å²) in [6.07, 6.45) is 7.45. The van der Waals surface area contributed by atoms with Gasteiger partial charge in [0.25, 0.3) is 0 Å². The minimum absolute atomic E-state index is 0.275. The van der Waals surface area contributed by atoms with E-state index in [2.05, 4.69) is 71.2 Å². The molecule has 0 aliphatic carbocycles. The summed E-state index contributed by atoms with van der Waals surface area (Å²) in [5.41, 5.74) is 2.14. The molecule has 4 rings (SSSR count). The van der Waals surface area contributed by atoms with Gasteiger partial charge in [0.05, 0.1) is 11.9 Å². The molecule has 0 aromatic carbocycles. The number of aromatic amines is 1. The van der Waals surface area contributed by atoms with Crippen molar-refractivity contribution in [3.8, 4) is 11.9 Å². The Kier molecular flexibility index (Phi) is 6.54. The maximum absolute atomic E-state index is 9.60. The predicted molar refractivity (Wildman–Crippen MR) is 129 cm³/mol. The standard InChI is InChI=1S/C24H30N10/c1-6-8-11-16(7-2)21-30-31-23-19(20(24(3,4)5)32-34(21)23)28-29-22-17(14-25)15-27-33(22)18-12-9-10-13-26-18/h9-10,12-13,15-16,31H,6-8,11H2,1-5H3/b29-28+. The van der Waals surface area contributed by atoms with E-state index in [1.807, 2.05) is 16.6 Å². The normalized spacial score (nSPS) is 13.1. The number of fused-ring (bicyclic) bond motifs is 1. The van der Waals surface area contributed by atoms with Crippen LogP contribution in [0.3, 0.4) is 0 Å². The lowest BCUT2D eigenvalue weighted by Crippen LogP contribution is -2.13. The van der Waals surface area contributed by atoms with Crippen LogP contribution < -0.4 is 0 Å². The predicted octanol–water partition coefficient (Wildman–Crippen LogP) is 5.91. The molecule has 0 saturated heterocycles. The Labute approximate surface area is 198 Å². The molecule has 176 valence electrons. The molecular formula is C24H30N10. The molecule has 4 aromatic heterocycles. The van der Waals surface area contributed by atoms with E-state index in [0.29, 0.717) is 34.5 Å². The minimum Gasteiger partial charge on any atom is -0.258 e. The number of aromatic nitrogens is 7. The van der Waals surface area contributed by atoms with E-state index in [0.717, 1.165) is 37.2 Å². The highest BCUT2D eigenvalue weighted by molar-refractivity contribution is 5.68. The molecule has 34 heavy (non-hydrogen) atoms. The number of nitrogens with zero attached hydrogens (tertiary/aromatic N) is 9. The van der Waals surface area contributed by atoms with Crippen molar-refractivity contribution in [1.82, 2.24) is 34.6 Å². The number of nitriles is 1. The third-order valence-corrected chi connectivity index (χ3v) is 5.80. The van der Waals surface area contributed by atoms with Crippen LogP contribution in [0.2, 0.25) is 0 Å². The molecule has 1 atom stereocenters. The van der Waals surface area contributed by atoms with Crippen molar-refractivity contribution in [3.05, 3.63) is 47.7 Å². The first-order valence-electron chi connectivity index (χ1n) is 11.7. The van der Waals surface area contributed by atoms with Crippen LogP contribution in [0, 0.1) is 11.3 Å². The van der Waals surface area contributed by atoms with Crippen molar-refractivity contribution in [2.75, 3.05) is 0 Å². The van der Waals surface area contributed by atoms with Gasteiger partial charge < -0.3 is 0 Å². The van der Waals surface area contributed by atoms with E-state index in [9.17, 15) is 5.26 Å². The molecular weight excluding hydrogens is 428 g/mol. The summed E-state index contributed by atoms with van der Waals surface area (Å²) < 4.78 is 3.38. The summed E-state index contributed by atoms with van der Waals surface area (Å²) in [6, 6.07) is 7.61. The average Bonchev–Trinajstić information content (AvgIpc) is 3.52. The number of rotatable bonds is 8. The molecule has 0 saturated carbocycles. The molecule has 0 bridgehead atoms. The van der Waals surface area contributed by atoms with Gasteiger partial charge in [-0.05, 0) is 25.0 Å². The van der Waals surface area contributed by atoms with E-state index in [-0.39, 0.29) is 5.41 Å². The van der Waals surface area contributed by atoms with Crippen molar-refractivity contribution in [2.24, 2.45) is 10.2 Å². The second-order valence-corrected chi connectivity index (χ2v) is 9.33. The molecule has 0 fully saturated rings. The van der Waals surface area contributed by atoms with Gasteiger partial charge in [-0.3, -0.25) is 5.10 Å². The van der Waals surface area contributed by atoms with E-state index in [1.54, 1.807) is 12.3 Å². The molecule has 10 nitrogen and oxygen atoms in total. The van der Waals surface area contributed by atoms with Gasteiger partial charge in [-0.15, -0.1) is 10.2 Å². The van der Waals surface area contributed by atoms with Gasteiger partial charge in [-0.1, -0.05) is 53.5 Å². The van der Waals surface area contributed by atoms with E-state index in [1.165, 1.54) is 10.9 Å². The third kappa shape index (κ3) is 4.33. The number of H-pyrrole nitrogens is 1. The average molecular weight is 459 g/mol. The molecule has 0 aliphatic heterocycles. The fourth-order valence-corrected chi connectivity index (χ4v) is 3.93. The second kappa shape index (κ2) is 9.55. The molecule has 0 aliphatic rings. The summed E-state index contributed by atoms with van der Waals surface area (Å²) in [5.74, 6) is 2.09. The number of hydrogen-bond donors (Lipinski definition) is 1. The van der Waals surface area contributed by atoms with E-state index < -0.39 is 0 Å². The summed E-state index contributed by atoms with van der Waals surface area (Å²) >= 11 is 0. The molecule has 1 N–H and O–H groups in total. The topological polar surface area (TPSA) is 125 Å². The van der Waals surface area contributed by atoms with E-state index >= 15 is 0 Å². The lowest BCUT2D eigenvalue weighted by atomic mass is 9.91. The van der Waals surface area contributed by atoms with Crippen LogP contribution in [0.5, 0.6) is 0 Å². The zero-order valence-corrected chi connectivity index (χ0v) is 20.3. The molecule has 0 spiro atoms. The maximum atomic E-state index is 9.60. The first-order valence-corrected chi connectivity index (χ1v) is 11.7. The SMILES string of the molecule is CCCCC(CC)c1n[nH]c2c(/N=N/c3c(C#N)cnn3-c3ccccn3)c(C(C)(C)C)nn12. The summed E-state index contributed by atoms with van der Waals surface area (Å²) in [7, 11) is 0. The highest BCUT2D eigenvalue weighted by Crippen LogP contribution is 2.37. The van der Waals surface area contributed by atoms with Crippen LogP contribution >= 0.6 is 0 Å². The van der Waals surface area contributed by atoms with E-state index in [4.69, 9.17) is 5.10 Å². The number of nitrogens with one attached hydrogen (secondary N) is 1. The molecule has 0 amide bonds. The van der Waals surface area contributed by atoms with Gasteiger partial charge >= 0.3 is 0 Å². The molecule has 0 radical (unpaired) electrons. The smallest absolute Gasteiger partial charge is 0.197 e. The van der Waals surface area contributed by atoms with Crippen molar-refractivity contribution in [1.29, 1.82) is 5.26 Å². The zero-order valence-electron chi connectivity index (χ0n) is 20.3. The summed E-state index contributed by atoms with van der Waals surface area (Å²) in [6.45, 7) is 10.6. The molecule has 10 heteroatoms. The Morgan fingerprint density at radius 1 is 1.21 bits per heavy atom. The van der Waals surface area contributed by atoms with Crippen molar-refractivity contribution in [2.45, 2.75) is 71.6 Å². The summed E-state index contributed by atoms with van der Waals surface area (Å²) in [4.78, 5) is 4.32. The van der Waals surface area contributed by atoms with Gasteiger partial charge in [0.15, 0.2) is 28.8 Å². The van der Waals surface area contributed by atoms with Gasteiger partial charge in [0.1, 0.15) is 11.6 Å². The Morgan fingerprint density at radius 3 is 2.68 bits per heavy atom. The number of unbranched alkanes of at least 4 members (excludes halogenated alkanes) is 1. The fraction of sp³-hybridized carbons (Fsp3) is 0.458. The summed E-state index contributed by atoms with van der Waals surface area (Å²) in [5, 5.41) is 35.6. The van der Waals surface area contributed by atoms with Gasteiger partial charge in [0.2, 0.25) is 0 Å². The van der Waals surface area contributed by atoms with Crippen LogP contribution in [-0.4, -0.2) is 34.6 Å². The lowest BCUT2D eigenvalue weighted by molar-refractivity contribution is 0.521. The second-order valence-electron chi connectivity index (χ2n) is 9.33. The highest BCUT2D eigenvalue weighted by Gasteiger charge is 2.28. The lowest BCUT2D eigenvalue weighted by Gasteiger charge is -2.15. The Balaban J connectivity index is 1.83. The number of azo groups is 1. The minimum atomic E-state index is -0.275. The van der Waals surface area contributed by atoms with Crippen molar-refractivity contribution in [3.63, 3.8) is 0 Å². The van der Waals surface area contributed by atoms with Crippen LogP contribution in [0.4, 0.5) is 11.5 Å². The van der Waals surface area contributed by atoms with Crippen LogP contribution in [-0.2, 0) is 5.41 Å². The van der Waals surface area contributed by atoms with Crippen LogP contribution in [0.25, 0.3) is 11.5 Å². The number of hydrogen-bond acceptors (Lipinski definition) is 7. The first-order chi connectivity index (χ1) is 16.4. The maximum Gasteiger partial charge on any atom is 0.197 e. The monoisotopic (exact) mass is 458 g/mol. The largest absolute Gasteiger partial charge is 0.258 e. The molecule has 1 unspecified atom stereocenters. The molecule has 4 aromatic rings. The quantitative estimate of drug-likeness (QED) is 0.329. The molecule has 4 heterocycles. The van der Waals surface area contributed by atoms with Crippen molar-refractivity contribution < 1.29 is 0 Å². The Morgan fingerprint density at radius 2 is 2.03 bits per heavy atom. The Bertz CT molecular complexity index is 1330. The zero-order chi connectivity index (χ0) is 24.3. The fourth-order valence-electron chi connectivity index (χ4n) is 3.93. The third-order valence-electron chi connectivity index (χ3n) is 5.80. The van der Waals surface area contributed by atoms with Crippen molar-refractivity contribution >= 4 is 17.2 Å². The van der Waals surface area contributed by atoms with Gasteiger partial charge in [-0.25, -0.2) is 4.98 Å². The Hall–Kier alpha value is -3.87.